The standard InChI is InChI=1S/C17H26N2O2/c1-13-10-14(2)12-19(11-13)9-8-17(20)18-15-6-4-5-7-16(15)21-3/h4-7,13-14H,8-12H2,1-3H3,(H,18,20)/t13-,14+. The molecule has 1 aliphatic heterocycles. The van der Waals surface area contributed by atoms with Crippen LogP contribution in [0.25, 0.3) is 0 Å². The van der Waals surface area contributed by atoms with Gasteiger partial charge in [-0.3, -0.25) is 4.79 Å². The highest BCUT2D eigenvalue weighted by Gasteiger charge is 2.21. The smallest absolute Gasteiger partial charge is 0.225 e. The summed E-state index contributed by atoms with van der Waals surface area (Å²) in [7, 11) is 1.61. The van der Waals surface area contributed by atoms with Crippen molar-refractivity contribution < 1.29 is 9.53 Å². The molecule has 1 saturated heterocycles. The van der Waals surface area contributed by atoms with Crippen LogP contribution in [0.2, 0.25) is 0 Å². The van der Waals surface area contributed by atoms with Crippen molar-refractivity contribution in [3.8, 4) is 5.75 Å². The van der Waals surface area contributed by atoms with Crippen LogP contribution < -0.4 is 10.1 Å². The molecule has 21 heavy (non-hydrogen) atoms. The van der Waals surface area contributed by atoms with Gasteiger partial charge in [-0.05, 0) is 30.4 Å². The minimum atomic E-state index is 0.0466. The maximum absolute atomic E-state index is 12.1. The number of anilines is 1. The number of carbonyl (C=O) groups excluding carboxylic acids is 1. The Balaban J connectivity index is 1.82. The van der Waals surface area contributed by atoms with Crippen molar-refractivity contribution in [2.24, 2.45) is 11.8 Å². The molecule has 2 atom stereocenters. The fourth-order valence-corrected chi connectivity index (χ4v) is 3.19. The molecule has 4 nitrogen and oxygen atoms in total. The predicted octanol–water partition coefficient (Wildman–Crippen LogP) is 3.00. The van der Waals surface area contributed by atoms with Crippen LogP contribution >= 0.6 is 0 Å². The lowest BCUT2D eigenvalue weighted by atomic mass is 9.92. The Morgan fingerprint density at radius 2 is 1.95 bits per heavy atom. The van der Waals surface area contributed by atoms with Crippen molar-refractivity contribution in [1.29, 1.82) is 0 Å². The van der Waals surface area contributed by atoms with Gasteiger partial charge >= 0.3 is 0 Å². The first kappa shape index (κ1) is 15.8. The molecule has 0 radical (unpaired) electrons. The summed E-state index contributed by atoms with van der Waals surface area (Å²) in [5.41, 5.74) is 0.741. The topological polar surface area (TPSA) is 41.6 Å². The van der Waals surface area contributed by atoms with Gasteiger partial charge in [0.1, 0.15) is 5.75 Å². The summed E-state index contributed by atoms with van der Waals surface area (Å²) >= 11 is 0. The molecule has 0 bridgehead atoms. The minimum Gasteiger partial charge on any atom is -0.495 e. The third kappa shape index (κ3) is 4.74. The minimum absolute atomic E-state index is 0.0466. The number of hydrogen-bond donors (Lipinski definition) is 1. The van der Waals surface area contributed by atoms with Crippen molar-refractivity contribution in [2.45, 2.75) is 26.7 Å². The zero-order valence-electron chi connectivity index (χ0n) is 13.3. The number of benzene rings is 1. The van der Waals surface area contributed by atoms with Gasteiger partial charge in [0.15, 0.2) is 0 Å². The van der Waals surface area contributed by atoms with E-state index in [2.05, 4.69) is 24.1 Å². The van der Waals surface area contributed by atoms with Crippen LogP contribution in [0.3, 0.4) is 0 Å². The molecule has 1 aliphatic rings. The Morgan fingerprint density at radius 1 is 1.29 bits per heavy atom. The van der Waals surface area contributed by atoms with E-state index in [1.54, 1.807) is 7.11 Å². The summed E-state index contributed by atoms with van der Waals surface area (Å²) in [4.78, 5) is 14.5. The van der Waals surface area contributed by atoms with E-state index in [1.807, 2.05) is 24.3 Å². The number of carbonyl (C=O) groups is 1. The van der Waals surface area contributed by atoms with Gasteiger partial charge < -0.3 is 15.0 Å². The third-order valence-corrected chi connectivity index (χ3v) is 3.98. The second-order valence-corrected chi connectivity index (χ2v) is 6.20. The monoisotopic (exact) mass is 290 g/mol. The fourth-order valence-electron chi connectivity index (χ4n) is 3.19. The summed E-state index contributed by atoms with van der Waals surface area (Å²) in [5, 5.41) is 2.93. The fraction of sp³-hybridized carbons (Fsp3) is 0.588. The van der Waals surface area contributed by atoms with Crippen LogP contribution in [0, 0.1) is 11.8 Å². The Labute approximate surface area is 127 Å². The summed E-state index contributed by atoms with van der Waals surface area (Å²) < 4.78 is 5.24. The van der Waals surface area contributed by atoms with E-state index in [4.69, 9.17) is 4.74 Å². The van der Waals surface area contributed by atoms with Crippen LogP contribution in [0.1, 0.15) is 26.7 Å². The van der Waals surface area contributed by atoms with Crippen molar-refractivity contribution in [1.82, 2.24) is 4.90 Å². The summed E-state index contributed by atoms with van der Waals surface area (Å²) in [6.45, 7) is 7.61. The summed E-state index contributed by atoms with van der Waals surface area (Å²) in [6, 6.07) is 7.50. The van der Waals surface area contributed by atoms with Crippen LogP contribution in [0.4, 0.5) is 5.69 Å². The zero-order chi connectivity index (χ0) is 15.2. The molecular formula is C17H26N2O2. The van der Waals surface area contributed by atoms with E-state index < -0.39 is 0 Å². The molecular weight excluding hydrogens is 264 g/mol. The van der Waals surface area contributed by atoms with E-state index >= 15 is 0 Å². The van der Waals surface area contributed by atoms with Crippen LogP contribution in [0.15, 0.2) is 24.3 Å². The molecule has 2 rings (SSSR count). The molecule has 1 aromatic rings. The molecule has 1 amide bonds. The van der Waals surface area contributed by atoms with E-state index in [-0.39, 0.29) is 5.91 Å². The number of likely N-dealkylation sites (tertiary alicyclic amines) is 1. The molecule has 1 fully saturated rings. The quantitative estimate of drug-likeness (QED) is 0.906. The summed E-state index contributed by atoms with van der Waals surface area (Å²) in [5.74, 6) is 2.20. The molecule has 0 spiro atoms. The Morgan fingerprint density at radius 3 is 2.62 bits per heavy atom. The van der Waals surface area contributed by atoms with Gasteiger partial charge in [0.25, 0.3) is 0 Å². The molecule has 1 N–H and O–H groups in total. The average Bonchev–Trinajstić information content (AvgIpc) is 2.45. The van der Waals surface area contributed by atoms with Gasteiger partial charge in [0, 0.05) is 26.1 Å². The number of rotatable bonds is 5. The van der Waals surface area contributed by atoms with E-state index in [9.17, 15) is 4.79 Å². The number of para-hydroxylation sites is 2. The number of ether oxygens (including phenoxy) is 1. The molecule has 0 aliphatic carbocycles. The van der Waals surface area contributed by atoms with Crippen molar-refractivity contribution in [3.05, 3.63) is 24.3 Å². The van der Waals surface area contributed by atoms with E-state index in [1.165, 1.54) is 6.42 Å². The van der Waals surface area contributed by atoms with Crippen molar-refractivity contribution >= 4 is 11.6 Å². The van der Waals surface area contributed by atoms with E-state index in [0.717, 1.165) is 37.2 Å². The number of hydrogen-bond acceptors (Lipinski definition) is 3. The van der Waals surface area contributed by atoms with Crippen molar-refractivity contribution in [3.63, 3.8) is 0 Å². The molecule has 4 heteroatoms. The van der Waals surface area contributed by atoms with Crippen LogP contribution in [-0.4, -0.2) is 37.6 Å². The second kappa shape index (κ2) is 7.46. The highest BCUT2D eigenvalue weighted by molar-refractivity contribution is 5.92. The molecule has 1 aromatic carbocycles. The SMILES string of the molecule is COc1ccccc1NC(=O)CCN1C[C@H](C)C[C@H](C)C1. The Hall–Kier alpha value is -1.55. The van der Waals surface area contributed by atoms with Gasteiger partial charge in [-0.1, -0.05) is 26.0 Å². The lowest BCUT2D eigenvalue weighted by Gasteiger charge is -2.34. The lowest BCUT2D eigenvalue weighted by Crippen LogP contribution is -2.40. The number of piperidine rings is 1. The lowest BCUT2D eigenvalue weighted by molar-refractivity contribution is -0.116. The Kier molecular flexibility index (Phi) is 5.62. The highest BCUT2D eigenvalue weighted by Crippen LogP contribution is 2.24. The normalized spacial score (nSPS) is 22.8. The molecule has 0 aromatic heterocycles. The second-order valence-electron chi connectivity index (χ2n) is 6.20. The molecule has 0 saturated carbocycles. The third-order valence-electron chi connectivity index (χ3n) is 3.98. The first-order valence-electron chi connectivity index (χ1n) is 7.73. The zero-order valence-corrected chi connectivity index (χ0v) is 13.3. The molecule has 0 unspecified atom stereocenters. The van der Waals surface area contributed by atoms with Gasteiger partial charge in [0.05, 0.1) is 12.8 Å². The maximum Gasteiger partial charge on any atom is 0.225 e. The highest BCUT2D eigenvalue weighted by atomic mass is 16.5. The number of methoxy groups -OCH3 is 1. The first-order chi connectivity index (χ1) is 10.1. The first-order valence-corrected chi connectivity index (χ1v) is 7.73. The van der Waals surface area contributed by atoms with Gasteiger partial charge in [0.2, 0.25) is 5.91 Å². The average molecular weight is 290 g/mol. The van der Waals surface area contributed by atoms with E-state index in [0.29, 0.717) is 12.2 Å². The largest absolute Gasteiger partial charge is 0.495 e. The Bertz CT molecular complexity index is 466. The molecule has 116 valence electrons. The number of amides is 1. The molecule has 1 heterocycles. The van der Waals surface area contributed by atoms with Gasteiger partial charge in [-0.15, -0.1) is 0 Å². The predicted molar refractivity (Wildman–Crippen MR) is 85.6 cm³/mol. The van der Waals surface area contributed by atoms with Gasteiger partial charge in [-0.25, -0.2) is 0 Å². The number of nitrogens with zero attached hydrogens (tertiary/aromatic N) is 1. The maximum atomic E-state index is 12.1. The summed E-state index contributed by atoms with van der Waals surface area (Å²) in [6.07, 6.45) is 1.82. The van der Waals surface area contributed by atoms with Gasteiger partial charge in [-0.2, -0.15) is 0 Å². The van der Waals surface area contributed by atoms with Crippen LogP contribution in [-0.2, 0) is 4.79 Å². The number of nitrogens with one attached hydrogen (secondary N) is 1. The van der Waals surface area contributed by atoms with Crippen LogP contribution in [0.5, 0.6) is 5.75 Å². The van der Waals surface area contributed by atoms with Crippen molar-refractivity contribution in [2.75, 3.05) is 32.1 Å².